The number of amides is 3. The normalized spacial score (nSPS) is 10.0. The molecule has 0 saturated heterocycles. The van der Waals surface area contributed by atoms with E-state index in [0.29, 0.717) is 23.0 Å². The number of aryl methyl sites for hydroxylation is 1. The lowest BCUT2D eigenvalue weighted by Gasteiger charge is -2.12. The Hall–Kier alpha value is -2.73. The van der Waals surface area contributed by atoms with Gasteiger partial charge in [0, 0.05) is 11.6 Å². The second-order valence-electron chi connectivity index (χ2n) is 5.41. The van der Waals surface area contributed by atoms with Crippen molar-refractivity contribution in [3.8, 4) is 5.75 Å². The fraction of sp³-hybridized carbons (Fsp3) is 0.222. The number of halogens is 1. The summed E-state index contributed by atoms with van der Waals surface area (Å²) in [7, 11) is 1.53. The average molecular weight is 362 g/mol. The molecule has 0 aliphatic rings. The summed E-state index contributed by atoms with van der Waals surface area (Å²) in [6, 6.07) is 12.2. The first kappa shape index (κ1) is 18.6. The van der Waals surface area contributed by atoms with Gasteiger partial charge in [0.2, 0.25) is 5.91 Å². The lowest BCUT2D eigenvalue weighted by atomic mass is 10.2. The van der Waals surface area contributed by atoms with Crippen LogP contribution in [0, 0.1) is 6.92 Å². The van der Waals surface area contributed by atoms with E-state index in [1.165, 1.54) is 7.11 Å². The second kappa shape index (κ2) is 8.94. The fourth-order valence-electron chi connectivity index (χ4n) is 2.12. The highest BCUT2D eigenvalue weighted by atomic mass is 35.5. The summed E-state index contributed by atoms with van der Waals surface area (Å²) in [4.78, 5) is 23.7. The summed E-state index contributed by atoms with van der Waals surface area (Å²) in [5, 5.41) is 8.53. The summed E-state index contributed by atoms with van der Waals surface area (Å²) in [6.45, 7) is 2.11. The predicted octanol–water partition coefficient (Wildman–Crippen LogP) is 3.09. The number of hydrogen-bond donors (Lipinski definition) is 3. The Morgan fingerprint density at radius 2 is 1.80 bits per heavy atom. The van der Waals surface area contributed by atoms with Gasteiger partial charge in [-0.15, -0.1) is 0 Å². The molecule has 6 nitrogen and oxygen atoms in total. The van der Waals surface area contributed by atoms with Crippen molar-refractivity contribution in [2.45, 2.75) is 13.5 Å². The molecule has 132 valence electrons. The van der Waals surface area contributed by atoms with Gasteiger partial charge in [0.15, 0.2) is 0 Å². The van der Waals surface area contributed by atoms with Gasteiger partial charge in [0.25, 0.3) is 0 Å². The Balaban J connectivity index is 1.78. The molecule has 0 aliphatic carbocycles. The maximum Gasteiger partial charge on any atom is 0.315 e. The summed E-state index contributed by atoms with van der Waals surface area (Å²) >= 11 is 5.80. The van der Waals surface area contributed by atoms with Crippen molar-refractivity contribution in [3.05, 3.63) is 58.6 Å². The van der Waals surface area contributed by atoms with Crippen LogP contribution in [-0.4, -0.2) is 25.6 Å². The van der Waals surface area contributed by atoms with Crippen molar-refractivity contribution < 1.29 is 14.3 Å². The Morgan fingerprint density at radius 3 is 2.48 bits per heavy atom. The first-order chi connectivity index (χ1) is 12.0. The van der Waals surface area contributed by atoms with Crippen molar-refractivity contribution in [3.63, 3.8) is 0 Å². The van der Waals surface area contributed by atoms with Crippen molar-refractivity contribution >= 4 is 29.2 Å². The minimum Gasteiger partial charge on any atom is -0.495 e. The number of urea groups is 1. The molecular weight excluding hydrogens is 342 g/mol. The molecule has 3 amide bonds. The van der Waals surface area contributed by atoms with E-state index in [4.69, 9.17) is 16.3 Å². The lowest BCUT2D eigenvalue weighted by molar-refractivity contribution is -0.115. The van der Waals surface area contributed by atoms with Gasteiger partial charge in [-0.1, -0.05) is 29.8 Å². The molecule has 0 heterocycles. The third-order valence-corrected chi connectivity index (χ3v) is 3.66. The molecule has 0 spiro atoms. The lowest BCUT2D eigenvalue weighted by Crippen LogP contribution is -2.39. The third-order valence-electron chi connectivity index (χ3n) is 3.40. The fourth-order valence-corrected chi connectivity index (χ4v) is 2.25. The van der Waals surface area contributed by atoms with Crippen LogP contribution in [0.25, 0.3) is 0 Å². The van der Waals surface area contributed by atoms with Gasteiger partial charge in [-0.05, 0) is 42.3 Å². The van der Waals surface area contributed by atoms with E-state index in [1.807, 2.05) is 25.1 Å². The minimum atomic E-state index is -0.429. The Bertz CT molecular complexity index is 748. The molecule has 0 aromatic heterocycles. The van der Waals surface area contributed by atoms with Gasteiger partial charge < -0.3 is 20.7 Å². The molecule has 0 radical (unpaired) electrons. The van der Waals surface area contributed by atoms with Crippen molar-refractivity contribution in [1.82, 2.24) is 10.6 Å². The number of carbonyl (C=O) groups is 2. The number of benzene rings is 2. The maximum atomic E-state index is 12.0. The first-order valence-corrected chi connectivity index (χ1v) is 8.06. The maximum absolute atomic E-state index is 12.0. The third kappa shape index (κ3) is 6.00. The Kier molecular flexibility index (Phi) is 6.65. The van der Waals surface area contributed by atoms with Crippen LogP contribution in [0.5, 0.6) is 5.75 Å². The number of ether oxygens (including phenoxy) is 1. The van der Waals surface area contributed by atoms with Gasteiger partial charge in [-0.2, -0.15) is 0 Å². The highest BCUT2D eigenvalue weighted by Crippen LogP contribution is 2.24. The van der Waals surface area contributed by atoms with Crippen molar-refractivity contribution in [2.75, 3.05) is 19.0 Å². The number of methoxy groups -OCH3 is 1. The molecule has 2 rings (SSSR count). The molecule has 0 atom stereocenters. The van der Waals surface area contributed by atoms with E-state index in [9.17, 15) is 9.59 Å². The van der Waals surface area contributed by atoms with Crippen LogP contribution in [0.1, 0.15) is 11.1 Å². The molecule has 0 aliphatic heterocycles. The van der Waals surface area contributed by atoms with Crippen LogP contribution in [0.4, 0.5) is 10.5 Å². The van der Waals surface area contributed by atoms with E-state index in [0.717, 1.165) is 11.1 Å². The smallest absolute Gasteiger partial charge is 0.315 e. The predicted molar refractivity (Wildman–Crippen MR) is 98.1 cm³/mol. The molecule has 0 saturated carbocycles. The second-order valence-corrected chi connectivity index (χ2v) is 5.85. The zero-order chi connectivity index (χ0) is 18.2. The Morgan fingerprint density at radius 1 is 1.08 bits per heavy atom. The quantitative estimate of drug-likeness (QED) is 0.739. The molecule has 0 unspecified atom stereocenters. The van der Waals surface area contributed by atoms with Gasteiger partial charge in [0.1, 0.15) is 5.75 Å². The van der Waals surface area contributed by atoms with Crippen LogP contribution in [-0.2, 0) is 11.3 Å². The topological polar surface area (TPSA) is 79.5 Å². The molecule has 0 fully saturated rings. The molecular formula is C18H20ClN3O3. The highest BCUT2D eigenvalue weighted by Gasteiger charge is 2.09. The van der Waals surface area contributed by atoms with E-state index >= 15 is 0 Å². The average Bonchev–Trinajstić information content (AvgIpc) is 2.59. The van der Waals surface area contributed by atoms with E-state index in [2.05, 4.69) is 16.0 Å². The Labute approximate surface area is 151 Å². The van der Waals surface area contributed by atoms with Crippen LogP contribution in [0.15, 0.2) is 42.5 Å². The van der Waals surface area contributed by atoms with E-state index in [-0.39, 0.29) is 12.5 Å². The van der Waals surface area contributed by atoms with E-state index in [1.54, 1.807) is 24.3 Å². The number of carbonyl (C=O) groups excluding carboxylic acids is 2. The van der Waals surface area contributed by atoms with Gasteiger partial charge >= 0.3 is 6.03 Å². The number of hydrogen-bond acceptors (Lipinski definition) is 3. The highest BCUT2D eigenvalue weighted by molar-refractivity contribution is 6.30. The van der Waals surface area contributed by atoms with Crippen LogP contribution < -0.4 is 20.7 Å². The monoisotopic (exact) mass is 361 g/mol. The summed E-state index contributed by atoms with van der Waals surface area (Å²) < 4.78 is 5.20. The largest absolute Gasteiger partial charge is 0.495 e. The molecule has 2 aromatic rings. The molecule has 7 heteroatoms. The first-order valence-electron chi connectivity index (χ1n) is 7.68. The van der Waals surface area contributed by atoms with Gasteiger partial charge in [0.05, 0.1) is 19.3 Å². The van der Waals surface area contributed by atoms with Crippen molar-refractivity contribution in [2.24, 2.45) is 0 Å². The van der Waals surface area contributed by atoms with Crippen molar-refractivity contribution in [1.29, 1.82) is 0 Å². The number of anilines is 1. The molecule has 25 heavy (non-hydrogen) atoms. The molecule has 3 N–H and O–H groups in total. The van der Waals surface area contributed by atoms with Crippen LogP contribution in [0.2, 0.25) is 5.02 Å². The summed E-state index contributed by atoms with van der Waals surface area (Å²) in [6.07, 6.45) is 0. The SMILES string of the molecule is COc1ccc(C)cc1NC(=O)CNC(=O)NCc1ccc(Cl)cc1. The van der Waals surface area contributed by atoms with Crippen LogP contribution in [0.3, 0.4) is 0 Å². The van der Waals surface area contributed by atoms with Gasteiger partial charge in [-0.3, -0.25) is 4.79 Å². The standard InChI is InChI=1S/C18H20ClN3O3/c1-12-3-8-16(25-2)15(9-12)22-17(23)11-21-18(24)20-10-13-4-6-14(19)7-5-13/h3-9H,10-11H2,1-2H3,(H,22,23)(H2,20,21,24). The minimum absolute atomic E-state index is 0.149. The molecule has 0 bridgehead atoms. The zero-order valence-electron chi connectivity index (χ0n) is 14.1. The number of nitrogens with one attached hydrogen (secondary N) is 3. The summed E-state index contributed by atoms with van der Waals surface area (Å²) in [5.41, 5.74) is 2.47. The van der Waals surface area contributed by atoms with E-state index < -0.39 is 6.03 Å². The summed E-state index contributed by atoms with van der Waals surface area (Å²) in [5.74, 6) is 0.219. The van der Waals surface area contributed by atoms with Gasteiger partial charge in [-0.25, -0.2) is 4.79 Å². The zero-order valence-corrected chi connectivity index (χ0v) is 14.8. The number of rotatable bonds is 6. The molecule has 2 aromatic carbocycles. The van der Waals surface area contributed by atoms with Crippen LogP contribution >= 0.6 is 11.6 Å².